The first-order valence-electron chi connectivity index (χ1n) is 7.39. The third kappa shape index (κ3) is 8.70. The summed E-state index contributed by atoms with van der Waals surface area (Å²) < 4.78 is 5.55. The molecule has 0 fully saturated rings. The van der Waals surface area contributed by atoms with Crippen LogP contribution in [0.2, 0.25) is 0 Å². The minimum Gasteiger partial charge on any atom is -0.463 e. The van der Waals surface area contributed by atoms with Gasteiger partial charge in [-0.05, 0) is 37.0 Å². The van der Waals surface area contributed by atoms with Crippen LogP contribution >= 0.6 is 0 Å². The van der Waals surface area contributed by atoms with Crippen molar-refractivity contribution in [1.29, 1.82) is 5.26 Å². The maximum Gasteiger partial charge on any atom is 0.119 e. The van der Waals surface area contributed by atoms with E-state index in [1.807, 2.05) is 51.2 Å². The average molecular weight is 285 g/mol. The molecule has 0 aromatic heterocycles. The fourth-order valence-corrected chi connectivity index (χ4v) is 1.73. The summed E-state index contributed by atoms with van der Waals surface area (Å²) in [6, 6.07) is 2.27. The van der Waals surface area contributed by atoms with Crippen molar-refractivity contribution in [3.8, 4) is 6.07 Å². The number of hydrogen-bond acceptors (Lipinski definition) is 2. The van der Waals surface area contributed by atoms with Gasteiger partial charge in [0, 0.05) is 0 Å². The van der Waals surface area contributed by atoms with Crippen LogP contribution in [0.5, 0.6) is 0 Å². The van der Waals surface area contributed by atoms with E-state index in [1.54, 1.807) is 0 Å². The highest BCUT2D eigenvalue weighted by Gasteiger charge is 2.13. The number of allylic oxidation sites excluding steroid dienone is 7. The second-order valence-corrected chi connectivity index (χ2v) is 5.32. The summed E-state index contributed by atoms with van der Waals surface area (Å²) in [5.41, 5.74) is 0.818. The third-order valence-electron chi connectivity index (χ3n) is 2.90. The average Bonchev–Trinajstić information content (AvgIpc) is 2.39. The molecular weight excluding hydrogens is 258 g/mol. The van der Waals surface area contributed by atoms with Gasteiger partial charge in [0.2, 0.25) is 0 Å². The molecule has 0 aliphatic carbocycles. The van der Waals surface area contributed by atoms with Gasteiger partial charge in [-0.3, -0.25) is 0 Å². The lowest BCUT2D eigenvalue weighted by Gasteiger charge is -2.12. The first kappa shape index (κ1) is 19.0. The van der Waals surface area contributed by atoms with Crippen molar-refractivity contribution in [3.63, 3.8) is 0 Å². The lowest BCUT2D eigenvalue weighted by atomic mass is 9.90. The van der Waals surface area contributed by atoms with E-state index >= 15 is 0 Å². The molecule has 114 valence electrons. The zero-order valence-corrected chi connectivity index (χ0v) is 13.7. The van der Waals surface area contributed by atoms with E-state index < -0.39 is 0 Å². The first-order valence-corrected chi connectivity index (χ1v) is 7.39. The summed E-state index contributed by atoms with van der Waals surface area (Å²) >= 11 is 0. The Labute approximate surface area is 129 Å². The molecule has 0 radical (unpaired) electrons. The molecule has 0 unspecified atom stereocenters. The van der Waals surface area contributed by atoms with Gasteiger partial charge in [0.15, 0.2) is 0 Å². The molecule has 2 nitrogen and oxygen atoms in total. The topological polar surface area (TPSA) is 33.0 Å². The molecule has 1 atom stereocenters. The number of rotatable bonds is 9. The molecule has 0 aromatic rings. The highest BCUT2D eigenvalue weighted by atomic mass is 16.5. The van der Waals surface area contributed by atoms with Gasteiger partial charge in [-0.15, -0.1) is 0 Å². The molecule has 0 spiro atoms. The van der Waals surface area contributed by atoms with Gasteiger partial charge in [-0.25, -0.2) is 0 Å². The van der Waals surface area contributed by atoms with Gasteiger partial charge in [0.05, 0.1) is 12.0 Å². The monoisotopic (exact) mass is 285 g/mol. The third-order valence-corrected chi connectivity index (χ3v) is 2.90. The number of nitriles is 1. The van der Waals surface area contributed by atoms with E-state index in [9.17, 15) is 0 Å². The van der Waals surface area contributed by atoms with Crippen molar-refractivity contribution in [2.24, 2.45) is 11.8 Å². The predicted molar refractivity (Wildman–Crippen MR) is 90.3 cm³/mol. The molecule has 2 heteroatoms. The van der Waals surface area contributed by atoms with Crippen molar-refractivity contribution in [1.82, 2.24) is 0 Å². The number of ether oxygens (including phenoxy) is 1. The minimum atomic E-state index is -0.150. The van der Waals surface area contributed by atoms with Gasteiger partial charge >= 0.3 is 0 Å². The predicted octanol–water partition coefficient (Wildman–Crippen LogP) is 5.68. The van der Waals surface area contributed by atoms with E-state index in [0.29, 0.717) is 5.76 Å². The van der Waals surface area contributed by atoms with Crippen LogP contribution < -0.4 is 0 Å². The Hall–Kier alpha value is -2.01. The fourth-order valence-electron chi connectivity index (χ4n) is 1.73. The second-order valence-electron chi connectivity index (χ2n) is 5.32. The Morgan fingerprint density at radius 2 is 1.95 bits per heavy atom. The van der Waals surface area contributed by atoms with Crippen molar-refractivity contribution in [2.75, 3.05) is 0 Å². The quantitative estimate of drug-likeness (QED) is 0.403. The lowest BCUT2D eigenvalue weighted by Crippen LogP contribution is -2.06. The van der Waals surface area contributed by atoms with E-state index in [4.69, 9.17) is 10.00 Å². The van der Waals surface area contributed by atoms with Crippen LogP contribution in [-0.4, -0.2) is 0 Å². The Balaban J connectivity index is 4.47. The molecule has 0 rings (SSSR count). The summed E-state index contributed by atoms with van der Waals surface area (Å²) in [6.45, 7) is 15.8. The maximum atomic E-state index is 9.09. The number of unbranched alkanes of at least 4 members (excludes halogenated alkanes) is 1. The maximum absolute atomic E-state index is 9.09. The zero-order valence-electron chi connectivity index (χ0n) is 13.7. The molecule has 0 aromatic carbocycles. The largest absolute Gasteiger partial charge is 0.463 e. The minimum absolute atomic E-state index is 0.150. The van der Waals surface area contributed by atoms with E-state index in [1.165, 1.54) is 0 Å². The molecular formula is C19H27NO. The molecule has 0 heterocycles. The summed E-state index contributed by atoms with van der Waals surface area (Å²) in [7, 11) is 0. The Morgan fingerprint density at radius 3 is 2.48 bits per heavy atom. The van der Waals surface area contributed by atoms with E-state index in [-0.39, 0.29) is 11.8 Å². The van der Waals surface area contributed by atoms with Gasteiger partial charge in [0.25, 0.3) is 0 Å². The summed E-state index contributed by atoms with van der Waals surface area (Å²) in [5, 5.41) is 9.09. The van der Waals surface area contributed by atoms with Gasteiger partial charge in [-0.2, -0.15) is 5.26 Å². The Bertz CT molecular complexity index is 472. The van der Waals surface area contributed by atoms with Crippen LogP contribution in [0.3, 0.4) is 0 Å². The Morgan fingerprint density at radius 1 is 1.29 bits per heavy atom. The molecule has 0 saturated heterocycles. The number of nitrogens with zero attached hydrogens (tertiary/aromatic N) is 1. The summed E-state index contributed by atoms with van der Waals surface area (Å²) in [4.78, 5) is 0. The fraction of sp³-hybridized carbons (Fsp3) is 0.421. The lowest BCUT2D eigenvalue weighted by molar-refractivity contribution is 0.324. The van der Waals surface area contributed by atoms with E-state index in [2.05, 4.69) is 26.2 Å². The SMILES string of the molecule is C=C(/C=C\CCC)O/C(C)=C/C=C\C(=C)[C@@H](C#N)C(C)C. The highest BCUT2D eigenvalue weighted by Crippen LogP contribution is 2.19. The van der Waals surface area contributed by atoms with Crippen LogP contribution in [0.1, 0.15) is 40.5 Å². The van der Waals surface area contributed by atoms with Gasteiger partial charge in [-0.1, -0.05) is 58.6 Å². The molecule has 21 heavy (non-hydrogen) atoms. The van der Waals surface area contributed by atoms with Crippen LogP contribution in [0.4, 0.5) is 0 Å². The van der Waals surface area contributed by atoms with Crippen LogP contribution in [0.15, 0.2) is 60.6 Å². The van der Waals surface area contributed by atoms with E-state index in [0.717, 1.165) is 24.2 Å². The van der Waals surface area contributed by atoms with Crippen LogP contribution in [-0.2, 0) is 4.74 Å². The van der Waals surface area contributed by atoms with Gasteiger partial charge in [0.1, 0.15) is 11.5 Å². The molecule has 0 aliphatic heterocycles. The Kier molecular flexibility index (Phi) is 9.71. The van der Waals surface area contributed by atoms with Crippen LogP contribution in [0.25, 0.3) is 0 Å². The summed E-state index contributed by atoms with van der Waals surface area (Å²) in [5.74, 6) is 1.49. The molecule has 0 bridgehead atoms. The van der Waals surface area contributed by atoms with Crippen molar-refractivity contribution in [2.45, 2.75) is 40.5 Å². The van der Waals surface area contributed by atoms with Crippen molar-refractivity contribution < 1.29 is 4.74 Å². The van der Waals surface area contributed by atoms with Gasteiger partial charge < -0.3 is 4.74 Å². The second kappa shape index (κ2) is 10.7. The summed E-state index contributed by atoms with van der Waals surface area (Å²) in [6.07, 6.45) is 11.6. The van der Waals surface area contributed by atoms with Crippen LogP contribution in [0, 0.1) is 23.2 Å². The normalized spacial score (nSPS) is 13.6. The molecule has 0 N–H and O–H groups in total. The standard InChI is InChI=1S/C19H27NO/c1-7-8-9-12-17(5)21-18(6)13-10-11-16(4)19(14-20)15(2)3/h9-13,15,19H,4-5,7-8H2,1-3,6H3/b11-10-,12-9-,18-13+/t19-/m0/s1. The molecule has 0 saturated carbocycles. The van der Waals surface area contributed by atoms with Crippen molar-refractivity contribution in [3.05, 3.63) is 60.6 Å². The zero-order chi connectivity index (χ0) is 16.3. The smallest absolute Gasteiger partial charge is 0.119 e. The molecule has 0 aliphatic rings. The first-order chi connectivity index (χ1) is 9.92. The number of hydrogen-bond donors (Lipinski definition) is 0. The molecule has 0 amide bonds. The van der Waals surface area contributed by atoms with Crippen molar-refractivity contribution >= 4 is 0 Å². The highest BCUT2D eigenvalue weighted by molar-refractivity contribution is 5.27.